The molecule has 112 valence electrons. The van der Waals surface area contributed by atoms with E-state index in [1.165, 1.54) is 11.1 Å². The van der Waals surface area contributed by atoms with Crippen LogP contribution in [0, 0.1) is 0 Å². The van der Waals surface area contributed by atoms with E-state index in [1.807, 2.05) is 7.05 Å². The first-order valence-corrected chi connectivity index (χ1v) is 7.76. The average molecular weight is 276 g/mol. The molecule has 0 aliphatic carbocycles. The Morgan fingerprint density at radius 2 is 1.80 bits per heavy atom. The van der Waals surface area contributed by atoms with E-state index in [0.29, 0.717) is 18.2 Å². The molecule has 0 radical (unpaired) electrons. The Balaban J connectivity index is 2.00. The fourth-order valence-electron chi connectivity index (χ4n) is 3.04. The van der Waals surface area contributed by atoms with Crippen LogP contribution in [0.3, 0.4) is 0 Å². The van der Waals surface area contributed by atoms with Crippen LogP contribution in [0.1, 0.15) is 37.9 Å². The molecule has 0 bridgehead atoms. The monoisotopic (exact) mass is 276 g/mol. The summed E-state index contributed by atoms with van der Waals surface area (Å²) in [6, 6.07) is 9.38. The Kier molecular flexibility index (Phi) is 5.58. The first kappa shape index (κ1) is 15.5. The SMILES string of the molecule is CCc1ccc(C(CN2CC(C)OC(C)C2)NC)cc1. The Bertz CT molecular complexity index is 394. The number of morpholine rings is 1. The largest absolute Gasteiger partial charge is 0.373 e. The van der Waals surface area contributed by atoms with Crippen molar-refractivity contribution in [1.82, 2.24) is 10.2 Å². The fraction of sp³-hybridized carbons (Fsp3) is 0.647. The quantitative estimate of drug-likeness (QED) is 0.895. The molecule has 3 atom stereocenters. The minimum absolute atomic E-state index is 0.332. The van der Waals surface area contributed by atoms with Crippen molar-refractivity contribution < 1.29 is 4.74 Å². The first-order valence-electron chi connectivity index (χ1n) is 7.76. The Labute approximate surface area is 123 Å². The normalized spacial score (nSPS) is 25.6. The topological polar surface area (TPSA) is 24.5 Å². The molecule has 3 heteroatoms. The lowest BCUT2D eigenvalue weighted by Crippen LogP contribution is -2.48. The third kappa shape index (κ3) is 4.05. The lowest BCUT2D eigenvalue weighted by atomic mass is 10.0. The van der Waals surface area contributed by atoms with Gasteiger partial charge in [0.2, 0.25) is 0 Å². The standard InChI is InChI=1S/C17H28N2O/c1-5-15-6-8-16(9-7-15)17(18-4)12-19-10-13(2)20-14(3)11-19/h6-9,13-14,17-18H,5,10-12H2,1-4H3. The zero-order valence-electron chi connectivity index (χ0n) is 13.2. The highest BCUT2D eigenvalue weighted by molar-refractivity contribution is 5.25. The molecule has 1 N–H and O–H groups in total. The van der Waals surface area contributed by atoms with Gasteiger partial charge in [-0.3, -0.25) is 4.90 Å². The summed E-state index contributed by atoms with van der Waals surface area (Å²) < 4.78 is 5.81. The molecule has 0 aromatic heterocycles. The number of hydrogen-bond donors (Lipinski definition) is 1. The fourth-order valence-corrected chi connectivity index (χ4v) is 3.04. The van der Waals surface area contributed by atoms with Crippen LogP contribution in [0.25, 0.3) is 0 Å². The highest BCUT2D eigenvalue weighted by Crippen LogP contribution is 2.18. The number of likely N-dealkylation sites (N-methyl/N-ethyl adjacent to an activating group) is 1. The molecule has 1 fully saturated rings. The maximum absolute atomic E-state index is 5.81. The van der Waals surface area contributed by atoms with Gasteiger partial charge in [-0.25, -0.2) is 0 Å². The van der Waals surface area contributed by atoms with Crippen LogP contribution in [0.15, 0.2) is 24.3 Å². The van der Waals surface area contributed by atoms with Crippen LogP contribution in [-0.2, 0) is 11.2 Å². The smallest absolute Gasteiger partial charge is 0.0678 e. The maximum atomic E-state index is 5.81. The molecule has 2 rings (SSSR count). The van der Waals surface area contributed by atoms with E-state index < -0.39 is 0 Å². The predicted molar refractivity (Wildman–Crippen MR) is 84.1 cm³/mol. The third-order valence-electron chi connectivity index (χ3n) is 4.07. The molecule has 20 heavy (non-hydrogen) atoms. The van der Waals surface area contributed by atoms with E-state index in [0.717, 1.165) is 26.1 Å². The van der Waals surface area contributed by atoms with E-state index >= 15 is 0 Å². The molecule has 1 aromatic carbocycles. The van der Waals surface area contributed by atoms with Crippen molar-refractivity contribution in [3.8, 4) is 0 Å². The van der Waals surface area contributed by atoms with Gasteiger partial charge in [-0.05, 0) is 38.4 Å². The Hall–Kier alpha value is -0.900. The molecule has 3 unspecified atom stereocenters. The van der Waals surface area contributed by atoms with Crippen molar-refractivity contribution in [2.24, 2.45) is 0 Å². The number of nitrogens with zero attached hydrogens (tertiary/aromatic N) is 1. The second-order valence-corrected chi connectivity index (χ2v) is 5.91. The van der Waals surface area contributed by atoms with Crippen LogP contribution in [0.5, 0.6) is 0 Å². The molecule has 3 nitrogen and oxygen atoms in total. The molecule has 0 saturated carbocycles. The number of hydrogen-bond acceptors (Lipinski definition) is 3. The molecule has 1 heterocycles. The minimum Gasteiger partial charge on any atom is -0.373 e. The third-order valence-corrected chi connectivity index (χ3v) is 4.07. The van der Waals surface area contributed by atoms with Gasteiger partial charge >= 0.3 is 0 Å². The van der Waals surface area contributed by atoms with Gasteiger partial charge in [0.25, 0.3) is 0 Å². The van der Waals surface area contributed by atoms with Gasteiger partial charge in [0, 0.05) is 25.7 Å². The Morgan fingerprint density at radius 3 is 2.30 bits per heavy atom. The summed E-state index contributed by atoms with van der Waals surface area (Å²) in [4.78, 5) is 2.51. The molecule has 1 aliphatic rings. The summed E-state index contributed by atoms with van der Waals surface area (Å²) in [5.41, 5.74) is 2.77. The van der Waals surface area contributed by atoms with E-state index in [1.54, 1.807) is 0 Å². The molecule has 0 amide bonds. The lowest BCUT2D eigenvalue weighted by Gasteiger charge is -2.37. The number of ether oxygens (including phenoxy) is 1. The predicted octanol–water partition coefficient (Wildman–Crippen LogP) is 2.62. The van der Waals surface area contributed by atoms with Crippen LogP contribution in [0.4, 0.5) is 0 Å². The molecule has 1 aromatic rings. The van der Waals surface area contributed by atoms with Crippen LogP contribution < -0.4 is 5.32 Å². The van der Waals surface area contributed by atoms with Crippen molar-refractivity contribution in [2.45, 2.75) is 45.4 Å². The first-order chi connectivity index (χ1) is 9.62. The van der Waals surface area contributed by atoms with E-state index in [2.05, 4.69) is 55.3 Å². The van der Waals surface area contributed by atoms with Crippen LogP contribution >= 0.6 is 0 Å². The highest BCUT2D eigenvalue weighted by Gasteiger charge is 2.24. The molecule has 1 aliphatic heterocycles. The average Bonchev–Trinajstić information content (AvgIpc) is 2.44. The van der Waals surface area contributed by atoms with Gasteiger partial charge < -0.3 is 10.1 Å². The summed E-state index contributed by atoms with van der Waals surface area (Å²) >= 11 is 0. The Morgan fingerprint density at radius 1 is 1.20 bits per heavy atom. The van der Waals surface area contributed by atoms with E-state index in [4.69, 9.17) is 4.74 Å². The molecule has 0 spiro atoms. The van der Waals surface area contributed by atoms with Gasteiger partial charge in [-0.15, -0.1) is 0 Å². The van der Waals surface area contributed by atoms with E-state index in [9.17, 15) is 0 Å². The van der Waals surface area contributed by atoms with Gasteiger partial charge in [0.1, 0.15) is 0 Å². The maximum Gasteiger partial charge on any atom is 0.0678 e. The number of aryl methyl sites for hydroxylation is 1. The van der Waals surface area contributed by atoms with Crippen molar-refractivity contribution >= 4 is 0 Å². The minimum atomic E-state index is 0.332. The van der Waals surface area contributed by atoms with Gasteiger partial charge in [0.05, 0.1) is 12.2 Å². The van der Waals surface area contributed by atoms with Gasteiger partial charge in [-0.1, -0.05) is 31.2 Å². The lowest BCUT2D eigenvalue weighted by molar-refractivity contribution is -0.0698. The molecular weight excluding hydrogens is 248 g/mol. The molecular formula is C17H28N2O. The summed E-state index contributed by atoms with van der Waals surface area (Å²) in [5.74, 6) is 0. The zero-order chi connectivity index (χ0) is 14.5. The van der Waals surface area contributed by atoms with E-state index in [-0.39, 0.29) is 0 Å². The van der Waals surface area contributed by atoms with Crippen molar-refractivity contribution in [3.63, 3.8) is 0 Å². The zero-order valence-corrected chi connectivity index (χ0v) is 13.2. The highest BCUT2D eigenvalue weighted by atomic mass is 16.5. The van der Waals surface area contributed by atoms with Gasteiger partial charge in [-0.2, -0.15) is 0 Å². The number of benzene rings is 1. The van der Waals surface area contributed by atoms with Gasteiger partial charge in [0.15, 0.2) is 0 Å². The summed E-state index contributed by atoms with van der Waals surface area (Å²) in [7, 11) is 2.05. The van der Waals surface area contributed by atoms with Crippen molar-refractivity contribution in [3.05, 3.63) is 35.4 Å². The number of rotatable bonds is 5. The summed E-state index contributed by atoms with van der Waals surface area (Å²) in [6.07, 6.45) is 1.76. The number of nitrogens with one attached hydrogen (secondary N) is 1. The second-order valence-electron chi connectivity index (χ2n) is 5.91. The second kappa shape index (κ2) is 7.21. The molecule has 1 saturated heterocycles. The summed E-state index contributed by atoms with van der Waals surface area (Å²) in [6.45, 7) is 9.60. The van der Waals surface area contributed by atoms with Crippen LogP contribution in [0.2, 0.25) is 0 Å². The van der Waals surface area contributed by atoms with Crippen molar-refractivity contribution in [2.75, 3.05) is 26.7 Å². The summed E-state index contributed by atoms with van der Waals surface area (Å²) in [5, 5.41) is 3.45. The van der Waals surface area contributed by atoms with Crippen LogP contribution in [-0.4, -0.2) is 43.8 Å². The van der Waals surface area contributed by atoms with Crippen molar-refractivity contribution in [1.29, 1.82) is 0 Å².